The number of aliphatic hydroxyl groups excluding tert-OH is 1. The maximum absolute atomic E-state index is 13.2. The standard InChI is InChI=1S/C9H11ClFNO/c1-5-2-3-6(7(12)4-13)8(10)9(5)11/h2-3,7,13H,4,12H2,1H3. The highest BCUT2D eigenvalue weighted by atomic mass is 35.5. The lowest BCUT2D eigenvalue weighted by Gasteiger charge is -2.11. The second kappa shape index (κ2) is 4.05. The number of hydrogen-bond donors (Lipinski definition) is 2. The molecule has 4 heteroatoms. The summed E-state index contributed by atoms with van der Waals surface area (Å²) in [7, 11) is 0. The van der Waals surface area contributed by atoms with Crippen LogP contribution in [0.3, 0.4) is 0 Å². The minimum Gasteiger partial charge on any atom is -0.394 e. The molecule has 0 aliphatic heterocycles. The Hall–Kier alpha value is -0.640. The largest absolute Gasteiger partial charge is 0.394 e. The molecule has 72 valence electrons. The van der Waals surface area contributed by atoms with Gasteiger partial charge in [0.2, 0.25) is 0 Å². The van der Waals surface area contributed by atoms with Crippen LogP contribution in [0.25, 0.3) is 0 Å². The van der Waals surface area contributed by atoms with E-state index in [-0.39, 0.29) is 11.6 Å². The number of aryl methyl sites for hydroxylation is 1. The number of rotatable bonds is 2. The molecule has 2 nitrogen and oxygen atoms in total. The van der Waals surface area contributed by atoms with Crippen molar-refractivity contribution < 1.29 is 9.50 Å². The van der Waals surface area contributed by atoms with Gasteiger partial charge < -0.3 is 10.8 Å². The van der Waals surface area contributed by atoms with Crippen molar-refractivity contribution in [3.8, 4) is 0 Å². The number of aliphatic hydroxyl groups is 1. The first kappa shape index (κ1) is 10.4. The molecule has 1 aromatic carbocycles. The summed E-state index contributed by atoms with van der Waals surface area (Å²) in [6, 6.07) is 2.59. The smallest absolute Gasteiger partial charge is 0.145 e. The third kappa shape index (κ3) is 1.99. The molecule has 0 heterocycles. The van der Waals surface area contributed by atoms with E-state index in [2.05, 4.69) is 0 Å². The van der Waals surface area contributed by atoms with Crippen LogP contribution in [-0.4, -0.2) is 11.7 Å². The molecule has 0 spiro atoms. The quantitative estimate of drug-likeness (QED) is 0.770. The van der Waals surface area contributed by atoms with Crippen LogP contribution in [0.5, 0.6) is 0 Å². The molecule has 0 aromatic heterocycles. The van der Waals surface area contributed by atoms with E-state index in [0.29, 0.717) is 11.1 Å². The van der Waals surface area contributed by atoms with Crippen molar-refractivity contribution >= 4 is 11.6 Å². The molecule has 1 unspecified atom stereocenters. The molecule has 1 rings (SSSR count). The molecule has 1 aromatic rings. The topological polar surface area (TPSA) is 46.2 Å². The molecular weight excluding hydrogens is 193 g/mol. The minimum atomic E-state index is -0.623. The van der Waals surface area contributed by atoms with Gasteiger partial charge in [0.15, 0.2) is 0 Å². The Balaban J connectivity index is 3.18. The second-order valence-electron chi connectivity index (χ2n) is 2.89. The summed E-state index contributed by atoms with van der Waals surface area (Å²) in [4.78, 5) is 0. The van der Waals surface area contributed by atoms with Crippen molar-refractivity contribution in [3.05, 3.63) is 34.1 Å². The Morgan fingerprint density at radius 3 is 2.77 bits per heavy atom. The van der Waals surface area contributed by atoms with Crippen molar-refractivity contribution in [2.24, 2.45) is 5.73 Å². The van der Waals surface area contributed by atoms with E-state index in [1.165, 1.54) is 0 Å². The lowest BCUT2D eigenvalue weighted by Crippen LogP contribution is -2.15. The highest BCUT2D eigenvalue weighted by molar-refractivity contribution is 6.31. The van der Waals surface area contributed by atoms with Gasteiger partial charge in [0.05, 0.1) is 17.7 Å². The van der Waals surface area contributed by atoms with Gasteiger partial charge in [-0.15, -0.1) is 0 Å². The summed E-state index contributed by atoms with van der Waals surface area (Å²) in [6.45, 7) is 1.37. The van der Waals surface area contributed by atoms with Crippen LogP contribution >= 0.6 is 11.6 Å². The van der Waals surface area contributed by atoms with E-state index >= 15 is 0 Å². The second-order valence-corrected chi connectivity index (χ2v) is 3.27. The Labute approximate surface area is 81.1 Å². The van der Waals surface area contributed by atoms with Gasteiger partial charge in [-0.3, -0.25) is 0 Å². The van der Waals surface area contributed by atoms with E-state index in [9.17, 15) is 4.39 Å². The zero-order valence-corrected chi connectivity index (χ0v) is 7.98. The van der Waals surface area contributed by atoms with Gasteiger partial charge in [0, 0.05) is 0 Å². The predicted molar refractivity (Wildman–Crippen MR) is 50.2 cm³/mol. The Kier molecular flexibility index (Phi) is 3.25. The van der Waals surface area contributed by atoms with E-state index in [1.54, 1.807) is 19.1 Å². The Morgan fingerprint density at radius 2 is 2.23 bits per heavy atom. The number of halogens is 2. The van der Waals surface area contributed by atoms with Gasteiger partial charge in [0.25, 0.3) is 0 Å². The zero-order chi connectivity index (χ0) is 10.0. The van der Waals surface area contributed by atoms with Gasteiger partial charge in [-0.05, 0) is 18.1 Å². The molecule has 0 fully saturated rings. The molecule has 0 aliphatic carbocycles. The lowest BCUT2D eigenvalue weighted by atomic mass is 10.1. The van der Waals surface area contributed by atoms with Gasteiger partial charge in [-0.2, -0.15) is 0 Å². The van der Waals surface area contributed by atoms with Crippen LogP contribution in [0.1, 0.15) is 17.2 Å². The van der Waals surface area contributed by atoms with E-state index < -0.39 is 11.9 Å². The molecular formula is C9H11ClFNO. The van der Waals surface area contributed by atoms with Crippen LogP contribution in [-0.2, 0) is 0 Å². The lowest BCUT2D eigenvalue weighted by molar-refractivity contribution is 0.268. The average Bonchev–Trinajstić information content (AvgIpc) is 2.13. The Morgan fingerprint density at radius 1 is 1.62 bits per heavy atom. The van der Waals surface area contributed by atoms with E-state index in [1.807, 2.05) is 0 Å². The van der Waals surface area contributed by atoms with Gasteiger partial charge in [-0.25, -0.2) is 4.39 Å². The molecule has 0 saturated heterocycles. The molecule has 0 saturated carbocycles. The van der Waals surface area contributed by atoms with Crippen molar-refractivity contribution in [1.82, 2.24) is 0 Å². The van der Waals surface area contributed by atoms with Crippen molar-refractivity contribution in [1.29, 1.82) is 0 Å². The minimum absolute atomic E-state index is 0.00144. The van der Waals surface area contributed by atoms with Crippen LogP contribution in [0, 0.1) is 12.7 Å². The first-order valence-electron chi connectivity index (χ1n) is 3.89. The highest BCUT2D eigenvalue weighted by Gasteiger charge is 2.13. The van der Waals surface area contributed by atoms with Crippen LogP contribution in [0.2, 0.25) is 5.02 Å². The summed E-state index contributed by atoms with van der Waals surface area (Å²) in [5.74, 6) is -0.469. The van der Waals surface area contributed by atoms with Gasteiger partial charge in [-0.1, -0.05) is 23.7 Å². The van der Waals surface area contributed by atoms with Crippen LogP contribution in [0.4, 0.5) is 4.39 Å². The summed E-state index contributed by atoms with van der Waals surface area (Å²) in [5, 5.41) is 8.77. The molecule has 0 radical (unpaired) electrons. The van der Waals surface area contributed by atoms with Crippen LogP contribution < -0.4 is 5.73 Å². The zero-order valence-electron chi connectivity index (χ0n) is 7.22. The molecule has 0 amide bonds. The fraction of sp³-hybridized carbons (Fsp3) is 0.333. The first-order chi connectivity index (χ1) is 6.07. The fourth-order valence-electron chi connectivity index (χ4n) is 1.05. The van der Waals surface area contributed by atoms with Gasteiger partial charge in [0.1, 0.15) is 5.82 Å². The third-order valence-electron chi connectivity index (χ3n) is 1.90. The predicted octanol–water partition coefficient (Wildman–Crippen LogP) is 1.78. The number of nitrogens with two attached hydrogens (primary N) is 1. The van der Waals surface area contributed by atoms with Crippen molar-refractivity contribution in [2.75, 3.05) is 6.61 Å². The van der Waals surface area contributed by atoms with Crippen molar-refractivity contribution in [3.63, 3.8) is 0 Å². The third-order valence-corrected chi connectivity index (χ3v) is 2.29. The summed E-state index contributed by atoms with van der Waals surface area (Å²) in [6.07, 6.45) is 0. The summed E-state index contributed by atoms with van der Waals surface area (Å²) >= 11 is 5.71. The maximum Gasteiger partial charge on any atom is 0.145 e. The van der Waals surface area contributed by atoms with E-state index in [4.69, 9.17) is 22.4 Å². The van der Waals surface area contributed by atoms with E-state index in [0.717, 1.165) is 0 Å². The Bertz CT molecular complexity index is 317. The fourth-order valence-corrected chi connectivity index (χ4v) is 1.40. The SMILES string of the molecule is Cc1ccc(C(N)CO)c(Cl)c1F. The first-order valence-corrected chi connectivity index (χ1v) is 4.26. The summed E-state index contributed by atoms with van der Waals surface area (Å²) < 4.78 is 13.2. The molecule has 3 N–H and O–H groups in total. The average molecular weight is 204 g/mol. The van der Waals surface area contributed by atoms with Crippen molar-refractivity contribution in [2.45, 2.75) is 13.0 Å². The number of hydrogen-bond acceptors (Lipinski definition) is 2. The molecule has 13 heavy (non-hydrogen) atoms. The number of benzene rings is 1. The molecule has 0 bridgehead atoms. The molecule has 1 atom stereocenters. The monoisotopic (exact) mass is 203 g/mol. The van der Waals surface area contributed by atoms with Crippen LogP contribution in [0.15, 0.2) is 12.1 Å². The van der Waals surface area contributed by atoms with Gasteiger partial charge >= 0.3 is 0 Å². The summed E-state index contributed by atoms with van der Waals surface area (Å²) in [5.41, 5.74) is 6.42. The normalized spacial score (nSPS) is 13.0. The maximum atomic E-state index is 13.2. The molecule has 0 aliphatic rings. The highest BCUT2D eigenvalue weighted by Crippen LogP contribution is 2.26.